The summed E-state index contributed by atoms with van der Waals surface area (Å²) in [7, 11) is 1.62. The average molecular weight is 563 g/mol. The van der Waals surface area contributed by atoms with E-state index in [4.69, 9.17) is 9.47 Å². The highest BCUT2D eigenvalue weighted by Crippen LogP contribution is 2.43. The highest BCUT2D eigenvalue weighted by molar-refractivity contribution is 9.13. The van der Waals surface area contributed by atoms with Crippen LogP contribution in [-0.2, 0) is 11.3 Å². The maximum atomic E-state index is 12.1. The zero-order valence-electron chi connectivity index (χ0n) is 14.4. The van der Waals surface area contributed by atoms with Crippen molar-refractivity contribution < 1.29 is 19.4 Å². The zero-order chi connectivity index (χ0) is 19.7. The standard InChI is InChI=1S/C18H15Br3N2O4/c1-3-27-18(25)13-15(24)11-12(19)17(21)23(14(11)16(20)22-13)8-9-4-6-10(26-2)7-5-9/h4-7,24H,3,8H2,1-2H3. The molecule has 3 aromatic rings. The summed E-state index contributed by atoms with van der Waals surface area (Å²) in [6, 6.07) is 7.68. The Morgan fingerprint density at radius 3 is 2.48 bits per heavy atom. The third-order valence-corrected chi connectivity index (χ3v) is 6.66. The van der Waals surface area contributed by atoms with Gasteiger partial charge in [-0.3, -0.25) is 0 Å². The molecule has 0 aliphatic carbocycles. The molecule has 1 aromatic carbocycles. The van der Waals surface area contributed by atoms with Gasteiger partial charge in [-0.05, 0) is 72.4 Å². The Morgan fingerprint density at radius 2 is 1.89 bits per heavy atom. The van der Waals surface area contributed by atoms with Gasteiger partial charge in [-0.1, -0.05) is 12.1 Å². The Kier molecular flexibility index (Phi) is 6.12. The average Bonchev–Trinajstić information content (AvgIpc) is 2.91. The first-order valence-corrected chi connectivity index (χ1v) is 10.3. The third kappa shape index (κ3) is 3.72. The van der Waals surface area contributed by atoms with Gasteiger partial charge in [0.25, 0.3) is 0 Å². The Bertz CT molecular complexity index is 1020. The minimum absolute atomic E-state index is 0.133. The number of nitrogens with zero attached hydrogens (tertiary/aromatic N) is 2. The van der Waals surface area contributed by atoms with Gasteiger partial charge in [-0.15, -0.1) is 0 Å². The molecule has 0 fully saturated rings. The number of pyridine rings is 1. The van der Waals surface area contributed by atoms with Gasteiger partial charge in [0.1, 0.15) is 15.0 Å². The SMILES string of the molecule is CCOC(=O)c1nc(Br)c2c(c1O)c(Br)c(Br)n2Cc1ccc(OC)cc1. The molecule has 6 nitrogen and oxygen atoms in total. The lowest BCUT2D eigenvalue weighted by Gasteiger charge is -2.11. The second-order valence-corrected chi connectivity index (χ2v) is 7.88. The van der Waals surface area contributed by atoms with E-state index in [9.17, 15) is 9.90 Å². The summed E-state index contributed by atoms with van der Waals surface area (Å²) in [5.74, 6) is -0.132. The molecule has 1 N–H and O–H groups in total. The highest BCUT2D eigenvalue weighted by atomic mass is 79.9. The van der Waals surface area contributed by atoms with Crippen LogP contribution >= 0.6 is 47.8 Å². The van der Waals surface area contributed by atoms with Crippen LogP contribution < -0.4 is 4.74 Å². The van der Waals surface area contributed by atoms with Gasteiger partial charge in [0.2, 0.25) is 0 Å². The van der Waals surface area contributed by atoms with E-state index >= 15 is 0 Å². The van der Waals surface area contributed by atoms with Crippen molar-refractivity contribution in [2.24, 2.45) is 0 Å². The fourth-order valence-electron chi connectivity index (χ4n) is 2.72. The van der Waals surface area contributed by atoms with Crippen LogP contribution in [0.1, 0.15) is 23.0 Å². The molecule has 0 amide bonds. The molecule has 0 saturated heterocycles. The number of methoxy groups -OCH3 is 1. The zero-order valence-corrected chi connectivity index (χ0v) is 19.2. The molecular weight excluding hydrogens is 548 g/mol. The summed E-state index contributed by atoms with van der Waals surface area (Å²) in [6.45, 7) is 2.41. The molecule has 2 aromatic heterocycles. The maximum Gasteiger partial charge on any atom is 0.360 e. The summed E-state index contributed by atoms with van der Waals surface area (Å²) in [4.78, 5) is 16.3. The summed E-state index contributed by atoms with van der Waals surface area (Å²) in [5.41, 5.74) is 1.54. The Balaban J connectivity index is 2.15. The first-order valence-electron chi connectivity index (χ1n) is 7.94. The number of aromatic nitrogens is 2. The van der Waals surface area contributed by atoms with E-state index in [1.165, 1.54) is 0 Å². The summed E-state index contributed by atoms with van der Waals surface area (Å²) >= 11 is 10.5. The monoisotopic (exact) mass is 560 g/mol. The van der Waals surface area contributed by atoms with E-state index in [-0.39, 0.29) is 18.1 Å². The lowest BCUT2D eigenvalue weighted by molar-refractivity contribution is 0.0516. The lowest BCUT2D eigenvalue weighted by Crippen LogP contribution is -2.09. The molecule has 0 radical (unpaired) electrons. The first-order chi connectivity index (χ1) is 12.9. The van der Waals surface area contributed by atoms with Crippen LogP contribution in [0.4, 0.5) is 0 Å². The minimum atomic E-state index is -0.677. The van der Waals surface area contributed by atoms with E-state index in [0.29, 0.717) is 31.1 Å². The van der Waals surface area contributed by atoms with Crippen molar-refractivity contribution in [3.63, 3.8) is 0 Å². The fraction of sp³-hybridized carbons (Fsp3) is 0.222. The largest absolute Gasteiger partial charge is 0.505 e. The van der Waals surface area contributed by atoms with Gasteiger partial charge in [-0.2, -0.15) is 0 Å². The van der Waals surface area contributed by atoms with Crippen LogP contribution in [0.15, 0.2) is 37.9 Å². The second kappa shape index (κ2) is 8.20. The van der Waals surface area contributed by atoms with Gasteiger partial charge in [0.15, 0.2) is 11.4 Å². The van der Waals surface area contributed by atoms with E-state index in [2.05, 4.69) is 52.8 Å². The lowest BCUT2D eigenvalue weighted by atomic mass is 10.2. The topological polar surface area (TPSA) is 73.6 Å². The Hall–Kier alpha value is -1.58. The molecule has 0 unspecified atom stereocenters. The highest BCUT2D eigenvalue weighted by Gasteiger charge is 2.26. The van der Waals surface area contributed by atoms with Crippen LogP contribution in [0.25, 0.3) is 10.9 Å². The maximum absolute atomic E-state index is 12.1. The molecule has 0 atom stereocenters. The van der Waals surface area contributed by atoms with Crippen molar-refractivity contribution in [3.05, 3.63) is 49.2 Å². The van der Waals surface area contributed by atoms with Gasteiger partial charge in [0.05, 0.1) is 29.1 Å². The quantitative estimate of drug-likeness (QED) is 0.339. The smallest absolute Gasteiger partial charge is 0.360 e. The van der Waals surface area contributed by atoms with Crippen molar-refractivity contribution in [1.29, 1.82) is 0 Å². The molecule has 27 heavy (non-hydrogen) atoms. The van der Waals surface area contributed by atoms with Gasteiger partial charge < -0.3 is 19.1 Å². The molecular formula is C18H15Br3N2O4. The van der Waals surface area contributed by atoms with E-state index < -0.39 is 5.97 Å². The summed E-state index contributed by atoms with van der Waals surface area (Å²) < 4.78 is 13.9. The van der Waals surface area contributed by atoms with Crippen molar-refractivity contribution in [1.82, 2.24) is 9.55 Å². The molecule has 3 rings (SSSR count). The van der Waals surface area contributed by atoms with Crippen molar-refractivity contribution in [2.75, 3.05) is 13.7 Å². The normalized spacial score (nSPS) is 11.0. The number of fused-ring (bicyclic) bond motifs is 1. The van der Waals surface area contributed by atoms with Crippen LogP contribution in [0.3, 0.4) is 0 Å². The van der Waals surface area contributed by atoms with Gasteiger partial charge in [-0.25, -0.2) is 9.78 Å². The van der Waals surface area contributed by atoms with Crippen LogP contribution in [0, 0.1) is 0 Å². The summed E-state index contributed by atoms with van der Waals surface area (Å²) in [6.07, 6.45) is 0. The number of carbonyl (C=O) groups is 1. The number of hydrogen-bond donors (Lipinski definition) is 1. The number of halogens is 3. The van der Waals surface area contributed by atoms with E-state index in [1.807, 2.05) is 28.8 Å². The molecule has 0 aliphatic rings. The Labute approximate surface area is 180 Å². The number of aromatic hydroxyl groups is 1. The molecule has 2 heterocycles. The van der Waals surface area contributed by atoms with Crippen molar-refractivity contribution in [3.8, 4) is 11.5 Å². The predicted octanol–water partition coefficient (Wildman–Crippen LogP) is 5.26. The predicted molar refractivity (Wildman–Crippen MR) is 113 cm³/mol. The van der Waals surface area contributed by atoms with Crippen LogP contribution in [0.2, 0.25) is 0 Å². The number of benzene rings is 1. The molecule has 9 heteroatoms. The first kappa shape index (κ1) is 20.2. The molecule has 0 spiro atoms. The number of rotatable bonds is 5. The molecule has 0 bridgehead atoms. The van der Waals surface area contributed by atoms with Crippen LogP contribution in [0.5, 0.6) is 11.5 Å². The number of ether oxygens (including phenoxy) is 2. The van der Waals surface area contributed by atoms with E-state index in [1.54, 1.807) is 14.0 Å². The second-order valence-electron chi connectivity index (χ2n) is 5.58. The number of hydrogen-bond acceptors (Lipinski definition) is 5. The van der Waals surface area contributed by atoms with Crippen LogP contribution in [-0.4, -0.2) is 34.3 Å². The minimum Gasteiger partial charge on any atom is -0.505 e. The van der Waals surface area contributed by atoms with Crippen molar-refractivity contribution >= 4 is 64.7 Å². The van der Waals surface area contributed by atoms with Gasteiger partial charge >= 0.3 is 5.97 Å². The summed E-state index contributed by atoms with van der Waals surface area (Å²) in [5, 5.41) is 11.1. The molecule has 0 saturated carbocycles. The fourth-order valence-corrected chi connectivity index (χ4v) is 4.40. The van der Waals surface area contributed by atoms with E-state index in [0.717, 1.165) is 11.3 Å². The molecule has 0 aliphatic heterocycles. The van der Waals surface area contributed by atoms with Crippen molar-refractivity contribution in [2.45, 2.75) is 13.5 Å². The molecule has 142 valence electrons. The number of esters is 1. The van der Waals surface area contributed by atoms with Gasteiger partial charge in [0, 0.05) is 6.54 Å². The third-order valence-electron chi connectivity index (χ3n) is 3.98. The Morgan fingerprint density at radius 1 is 1.22 bits per heavy atom. The number of carbonyl (C=O) groups excluding carboxylic acids is 1.